The molecule has 0 aliphatic carbocycles. The first-order chi connectivity index (χ1) is 9.70. The van der Waals surface area contributed by atoms with Gasteiger partial charge in [-0.2, -0.15) is 0 Å². The van der Waals surface area contributed by atoms with E-state index in [0.29, 0.717) is 12.8 Å². The first kappa shape index (κ1) is 19.4. The van der Waals surface area contributed by atoms with E-state index in [2.05, 4.69) is 24.5 Å². The molecule has 0 radical (unpaired) electrons. The van der Waals surface area contributed by atoms with Crippen LogP contribution in [0.15, 0.2) is 0 Å². The molecule has 0 aliphatic heterocycles. The van der Waals surface area contributed by atoms with E-state index >= 15 is 0 Å². The molecule has 2 N–H and O–H groups in total. The Hall–Kier alpha value is -0.640. The van der Waals surface area contributed by atoms with E-state index in [9.17, 15) is 4.79 Å². The van der Waals surface area contributed by atoms with Gasteiger partial charge in [-0.25, -0.2) is 0 Å². The van der Waals surface area contributed by atoms with E-state index in [4.69, 9.17) is 12.2 Å². The highest BCUT2D eigenvalue weighted by Crippen LogP contribution is 1.99. The molecule has 0 fully saturated rings. The van der Waals surface area contributed by atoms with Gasteiger partial charge >= 0.3 is 0 Å². The number of hydrogen-bond acceptors (Lipinski definition) is 2. The molecule has 0 bridgehead atoms. The highest BCUT2D eigenvalue weighted by Gasteiger charge is 2.03. The Morgan fingerprint density at radius 1 is 0.800 bits per heavy atom. The summed E-state index contributed by atoms with van der Waals surface area (Å²) in [6.07, 6.45) is 10.9. The van der Waals surface area contributed by atoms with E-state index in [1.165, 1.54) is 38.5 Å². The molecule has 0 aliphatic rings. The monoisotopic (exact) mass is 300 g/mol. The lowest BCUT2D eigenvalue weighted by atomic mass is 10.2. The molecule has 0 atom stereocenters. The predicted molar refractivity (Wildman–Crippen MR) is 91.1 cm³/mol. The van der Waals surface area contributed by atoms with Crippen LogP contribution >= 0.6 is 12.2 Å². The van der Waals surface area contributed by atoms with Crippen LogP contribution in [0.5, 0.6) is 0 Å². The first-order valence-corrected chi connectivity index (χ1v) is 8.64. The summed E-state index contributed by atoms with van der Waals surface area (Å²) in [4.78, 5) is 12.4. The normalized spacial score (nSPS) is 10.3. The van der Waals surface area contributed by atoms with Crippen molar-refractivity contribution in [3.05, 3.63) is 0 Å². The Morgan fingerprint density at radius 2 is 1.35 bits per heavy atom. The average Bonchev–Trinajstić information content (AvgIpc) is 2.44. The molecule has 3 nitrogen and oxygen atoms in total. The van der Waals surface area contributed by atoms with Gasteiger partial charge in [0.2, 0.25) is 5.91 Å². The summed E-state index contributed by atoms with van der Waals surface area (Å²) >= 11 is 5.23. The quantitative estimate of drug-likeness (QED) is 0.399. The fourth-order valence-electron chi connectivity index (χ4n) is 1.96. The van der Waals surface area contributed by atoms with Crippen LogP contribution in [0, 0.1) is 0 Å². The van der Waals surface area contributed by atoms with Crippen molar-refractivity contribution in [2.75, 3.05) is 13.1 Å². The molecular formula is C16H32N2OS. The number of thiocarbonyl (C=S) groups is 1. The third kappa shape index (κ3) is 13.8. The lowest BCUT2D eigenvalue weighted by molar-refractivity contribution is -0.120. The zero-order valence-corrected chi connectivity index (χ0v) is 14.1. The van der Waals surface area contributed by atoms with Crippen molar-refractivity contribution in [1.29, 1.82) is 0 Å². The van der Waals surface area contributed by atoms with Gasteiger partial charge < -0.3 is 10.6 Å². The molecule has 118 valence electrons. The molecule has 0 unspecified atom stereocenters. The smallest absolute Gasteiger partial charge is 0.220 e. The van der Waals surface area contributed by atoms with Crippen LogP contribution in [-0.4, -0.2) is 24.0 Å². The summed E-state index contributed by atoms with van der Waals surface area (Å²) in [6, 6.07) is 0. The van der Waals surface area contributed by atoms with Gasteiger partial charge in [-0.1, -0.05) is 64.6 Å². The SMILES string of the molecule is CCCCCCNC(=O)CCC(=S)NCCCCCC. The van der Waals surface area contributed by atoms with Crippen molar-refractivity contribution in [1.82, 2.24) is 10.6 Å². The summed E-state index contributed by atoms with van der Waals surface area (Å²) in [6.45, 7) is 6.14. The Balaban J connectivity index is 3.37. The molecule has 0 spiro atoms. The second-order valence-corrected chi connectivity index (χ2v) is 5.81. The predicted octanol–water partition coefficient (Wildman–Crippen LogP) is 3.96. The van der Waals surface area contributed by atoms with Crippen molar-refractivity contribution in [2.45, 2.75) is 78.1 Å². The molecule has 0 saturated carbocycles. The molecule has 0 saturated heterocycles. The van der Waals surface area contributed by atoms with Gasteiger partial charge in [-0.15, -0.1) is 0 Å². The highest BCUT2D eigenvalue weighted by molar-refractivity contribution is 7.80. The molecular weight excluding hydrogens is 268 g/mol. The zero-order chi connectivity index (χ0) is 15.1. The van der Waals surface area contributed by atoms with Crippen molar-refractivity contribution < 1.29 is 4.79 Å². The van der Waals surface area contributed by atoms with E-state index in [-0.39, 0.29) is 5.91 Å². The lowest BCUT2D eigenvalue weighted by Crippen LogP contribution is -2.28. The molecule has 0 aromatic carbocycles. The van der Waals surface area contributed by atoms with Crippen molar-refractivity contribution >= 4 is 23.1 Å². The molecule has 0 aromatic rings. The van der Waals surface area contributed by atoms with Gasteiger partial charge in [0.1, 0.15) is 0 Å². The van der Waals surface area contributed by atoms with Crippen LogP contribution < -0.4 is 10.6 Å². The molecule has 0 heterocycles. The minimum atomic E-state index is 0.122. The van der Waals surface area contributed by atoms with Crippen molar-refractivity contribution in [2.24, 2.45) is 0 Å². The van der Waals surface area contributed by atoms with Crippen LogP contribution in [-0.2, 0) is 4.79 Å². The molecule has 4 heteroatoms. The van der Waals surface area contributed by atoms with Crippen LogP contribution in [0.4, 0.5) is 0 Å². The standard InChI is InChI=1S/C16H32N2OS/c1-3-5-7-9-13-17-15(19)11-12-16(20)18-14-10-8-6-4-2/h3-14H2,1-2H3,(H,17,19)(H,18,20). The van der Waals surface area contributed by atoms with Crippen LogP contribution in [0.25, 0.3) is 0 Å². The van der Waals surface area contributed by atoms with Gasteiger partial charge in [-0.05, 0) is 12.8 Å². The maximum atomic E-state index is 11.6. The number of carbonyl (C=O) groups is 1. The van der Waals surface area contributed by atoms with Gasteiger partial charge in [0, 0.05) is 25.9 Å². The number of nitrogens with one attached hydrogen (secondary N) is 2. The summed E-state index contributed by atoms with van der Waals surface area (Å²) < 4.78 is 0. The van der Waals surface area contributed by atoms with Gasteiger partial charge in [-0.3, -0.25) is 4.79 Å². The minimum absolute atomic E-state index is 0.122. The van der Waals surface area contributed by atoms with E-state index in [1.54, 1.807) is 0 Å². The first-order valence-electron chi connectivity index (χ1n) is 8.24. The lowest BCUT2D eigenvalue weighted by Gasteiger charge is -2.08. The van der Waals surface area contributed by atoms with E-state index < -0.39 is 0 Å². The molecule has 0 aromatic heterocycles. The molecule has 20 heavy (non-hydrogen) atoms. The number of rotatable bonds is 13. The Morgan fingerprint density at radius 3 is 1.90 bits per heavy atom. The fourth-order valence-corrected chi connectivity index (χ4v) is 2.17. The van der Waals surface area contributed by atoms with E-state index in [0.717, 1.165) is 30.9 Å². The van der Waals surface area contributed by atoms with Gasteiger partial charge in [0.05, 0.1) is 4.99 Å². The van der Waals surface area contributed by atoms with E-state index in [1.807, 2.05) is 0 Å². The van der Waals surface area contributed by atoms with Crippen LogP contribution in [0.2, 0.25) is 0 Å². The second-order valence-electron chi connectivity index (χ2n) is 5.32. The largest absolute Gasteiger partial charge is 0.380 e. The van der Waals surface area contributed by atoms with Crippen LogP contribution in [0.3, 0.4) is 0 Å². The molecule has 0 rings (SSSR count). The maximum Gasteiger partial charge on any atom is 0.220 e. The van der Waals surface area contributed by atoms with Crippen LogP contribution in [0.1, 0.15) is 78.1 Å². The average molecular weight is 301 g/mol. The summed E-state index contributed by atoms with van der Waals surface area (Å²) in [7, 11) is 0. The summed E-state index contributed by atoms with van der Waals surface area (Å²) in [5.41, 5.74) is 0. The number of amides is 1. The minimum Gasteiger partial charge on any atom is -0.380 e. The number of hydrogen-bond donors (Lipinski definition) is 2. The number of unbranched alkanes of at least 4 members (excludes halogenated alkanes) is 6. The fraction of sp³-hybridized carbons (Fsp3) is 0.875. The van der Waals surface area contributed by atoms with Gasteiger partial charge in [0.15, 0.2) is 0 Å². The highest BCUT2D eigenvalue weighted by atomic mass is 32.1. The molecule has 1 amide bonds. The Kier molecular flexibility index (Phi) is 14.3. The third-order valence-electron chi connectivity index (χ3n) is 3.28. The van der Waals surface area contributed by atoms with Crippen molar-refractivity contribution in [3.63, 3.8) is 0 Å². The van der Waals surface area contributed by atoms with Gasteiger partial charge in [0.25, 0.3) is 0 Å². The van der Waals surface area contributed by atoms with Crippen molar-refractivity contribution in [3.8, 4) is 0 Å². The summed E-state index contributed by atoms with van der Waals surface area (Å²) in [5.74, 6) is 0.122. The zero-order valence-electron chi connectivity index (χ0n) is 13.3. The Bertz CT molecular complexity index is 231. The topological polar surface area (TPSA) is 41.1 Å². The summed E-state index contributed by atoms with van der Waals surface area (Å²) in [5, 5.41) is 6.19. The second kappa shape index (κ2) is 14.8. The maximum absolute atomic E-state index is 11.6. The number of carbonyl (C=O) groups excluding carboxylic acids is 1. The Labute approximate surface area is 130 Å². The third-order valence-corrected chi connectivity index (χ3v) is 3.63.